The number of aromatic nitrogens is 2. The lowest BCUT2D eigenvalue weighted by Crippen LogP contribution is -2.58. The standard InChI is InChI=1S/C23H24ClF5N6O/c1-13-7-22(25,26)12-35(18(13)11-34-21-32-8-15(9-33-21)23(27,28)29)20(36)19(30)17(10-31-2)14-4-3-5-16(24)6-14/h3-6,8-10,13,18,30-31H,7,11-12H2,1-2H3,(H,32,33,34)/b17-10-,30-19?/t13-,18?/m1/s1. The summed E-state index contributed by atoms with van der Waals surface area (Å²) in [7, 11) is 1.57. The number of anilines is 1. The van der Waals surface area contributed by atoms with Crippen LogP contribution in [0.15, 0.2) is 42.9 Å². The lowest BCUT2D eigenvalue weighted by atomic mass is 9.87. The maximum Gasteiger partial charge on any atom is 0.419 e. The Morgan fingerprint density at radius 2 is 1.97 bits per heavy atom. The Labute approximate surface area is 209 Å². The first-order chi connectivity index (χ1) is 16.8. The van der Waals surface area contributed by atoms with Crippen molar-refractivity contribution in [1.82, 2.24) is 20.2 Å². The van der Waals surface area contributed by atoms with Crippen molar-refractivity contribution in [2.45, 2.75) is 31.5 Å². The minimum absolute atomic E-state index is 0.107. The molecule has 1 unspecified atom stereocenters. The van der Waals surface area contributed by atoms with Crippen LogP contribution in [0.2, 0.25) is 5.02 Å². The second-order valence-electron chi connectivity index (χ2n) is 8.44. The number of nitrogens with one attached hydrogen (secondary N) is 3. The Balaban J connectivity index is 1.84. The smallest absolute Gasteiger partial charge is 0.393 e. The molecule has 3 N–H and O–H groups in total. The molecule has 1 aromatic carbocycles. The fourth-order valence-corrected chi connectivity index (χ4v) is 4.19. The van der Waals surface area contributed by atoms with Crippen molar-refractivity contribution >= 4 is 34.7 Å². The largest absolute Gasteiger partial charge is 0.419 e. The summed E-state index contributed by atoms with van der Waals surface area (Å²) in [5.41, 5.74) is -0.953. The number of halogens is 6. The summed E-state index contributed by atoms with van der Waals surface area (Å²) in [4.78, 5) is 21.5. The van der Waals surface area contributed by atoms with Crippen LogP contribution in [0.25, 0.3) is 5.57 Å². The molecule has 1 fully saturated rings. The molecular formula is C23H24ClF5N6O. The fraction of sp³-hybridized carbons (Fsp3) is 0.391. The highest BCUT2D eigenvalue weighted by molar-refractivity contribution is 6.54. The minimum atomic E-state index is -4.60. The maximum absolute atomic E-state index is 14.5. The summed E-state index contributed by atoms with van der Waals surface area (Å²) in [5.74, 6) is -4.96. The molecule has 1 aliphatic heterocycles. The van der Waals surface area contributed by atoms with Crippen molar-refractivity contribution < 1.29 is 26.7 Å². The van der Waals surface area contributed by atoms with Gasteiger partial charge >= 0.3 is 6.18 Å². The number of nitrogens with zero attached hydrogens (tertiary/aromatic N) is 3. The maximum atomic E-state index is 14.5. The Kier molecular flexibility index (Phi) is 8.17. The van der Waals surface area contributed by atoms with Crippen molar-refractivity contribution in [3.05, 3.63) is 59.0 Å². The molecule has 1 aliphatic rings. The third-order valence-corrected chi connectivity index (χ3v) is 5.93. The van der Waals surface area contributed by atoms with Crippen LogP contribution in [0.1, 0.15) is 24.5 Å². The number of hydrogen-bond donors (Lipinski definition) is 3. The van der Waals surface area contributed by atoms with Gasteiger partial charge in [-0.1, -0.05) is 30.7 Å². The van der Waals surface area contributed by atoms with Crippen LogP contribution in [0.4, 0.5) is 27.9 Å². The SMILES string of the molecule is CN/C=C(\C(=N)C(=O)N1CC(F)(F)C[C@@H](C)C1CNc1ncc(C(F)(F)F)cn1)c1cccc(Cl)c1. The van der Waals surface area contributed by atoms with Gasteiger partial charge in [0.2, 0.25) is 5.95 Å². The second-order valence-corrected chi connectivity index (χ2v) is 8.88. The number of alkyl halides is 5. The number of hydrogen-bond acceptors (Lipinski definition) is 6. The van der Waals surface area contributed by atoms with Crippen molar-refractivity contribution in [2.75, 3.05) is 25.5 Å². The van der Waals surface area contributed by atoms with Gasteiger partial charge in [-0.25, -0.2) is 18.7 Å². The number of piperidine rings is 1. The molecule has 0 radical (unpaired) electrons. The van der Waals surface area contributed by atoms with E-state index in [2.05, 4.69) is 20.6 Å². The molecule has 2 atom stereocenters. The molecule has 3 rings (SSSR count). The van der Waals surface area contributed by atoms with Gasteiger partial charge < -0.3 is 15.5 Å². The first kappa shape index (κ1) is 27.3. The average molecular weight is 531 g/mol. The van der Waals surface area contributed by atoms with Gasteiger partial charge in [0, 0.05) is 49.2 Å². The van der Waals surface area contributed by atoms with Crippen molar-refractivity contribution in [3.8, 4) is 0 Å². The molecule has 7 nitrogen and oxygen atoms in total. The molecule has 36 heavy (non-hydrogen) atoms. The molecule has 0 spiro atoms. The molecule has 2 aromatic rings. The highest BCUT2D eigenvalue weighted by Gasteiger charge is 2.46. The van der Waals surface area contributed by atoms with Gasteiger partial charge in [-0.3, -0.25) is 10.2 Å². The zero-order valence-electron chi connectivity index (χ0n) is 19.3. The van der Waals surface area contributed by atoms with E-state index in [0.29, 0.717) is 23.0 Å². The van der Waals surface area contributed by atoms with Gasteiger partial charge in [-0.05, 0) is 23.6 Å². The minimum Gasteiger partial charge on any atom is -0.393 e. The van der Waals surface area contributed by atoms with Crippen LogP contribution >= 0.6 is 11.6 Å². The second kappa shape index (κ2) is 10.8. The van der Waals surface area contributed by atoms with Crippen molar-refractivity contribution in [1.29, 1.82) is 5.41 Å². The summed E-state index contributed by atoms with van der Waals surface area (Å²) in [6.45, 7) is 0.517. The molecule has 194 valence electrons. The normalized spacial score (nSPS) is 20.1. The van der Waals surface area contributed by atoms with E-state index in [4.69, 9.17) is 17.0 Å². The first-order valence-electron chi connectivity index (χ1n) is 10.9. The van der Waals surface area contributed by atoms with Crippen molar-refractivity contribution in [2.24, 2.45) is 5.92 Å². The van der Waals surface area contributed by atoms with Gasteiger partial charge in [0.25, 0.3) is 11.8 Å². The molecule has 1 amide bonds. The Hall–Kier alpha value is -3.28. The molecule has 13 heteroatoms. The van der Waals surface area contributed by atoms with E-state index in [9.17, 15) is 26.7 Å². The van der Waals surface area contributed by atoms with Gasteiger partial charge in [0.05, 0.1) is 18.2 Å². The van der Waals surface area contributed by atoms with E-state index >= 15 is 0 Å². The highest BCUT2D eigenvalue weighted by Crippen LogP contribution is 2.35. The predicted octanol–water partition coefficient (Wildman–Crippen LogP) is 4.71. The summed E-state index contributed by atoms with van der Waals surface area (Å²) >= 11 is 6.04. The molecule has 1 aromatic heterocycles. The van der Waals surface area contributed by atoms with E-state index in [-0.39, 0.29) is 18.1 Å². The summed E-state index contributed by atoms with van der Waals surface area (Å²) in [6, 6.07) is 5.61. The summed E-state index contributed by atoms with van der Waals surface area (Å²) in [6.07, 6.45) is -2.50. The predicted molar refractivity (Wildman–Crippen MR) is 126 cm³/mol. The Morgan fingerprint density at radius 1 is 1.31 bits per heavy atom. The molecule has 0 bridgehead atoms. The molecule has 2 heterocycles. The number of rotatable bonds is 7. The zero-order valence-corrected chi connectivity index (χ0v) is 20.1. The fourth-order valence-electron chi connectivity index (χ4n) is 4.00. The van der Waals surface area contributed by atoms with E-state index in [1.807, 2.05) is 0 Å². The molecule has 1 saturated heterocycles. The van der Waals surface area contributed by atoms with Crippen molar-refractivity contribution in [3.63, 3.8) is 0 Å². The lowest BCUT2D eigenvalue weighted by molar-refractivity contribution is -0.145. The monoisotopic (exact) mass is 530 g/mol. The topological polar surface area (TPSA) is 94.0 Å². The average Bonchev–Trinajstić information content (AvgIpc) is 2.80. The van der Waals surface area contributed by atoms with Gasteiger partial charge in [0.1, 0.15) is 5.71 Å². The Morgan fingerprint density at radius 3 is 2.56 bits per heavy atom. The van der Waals surface area contributed by atoms with Crippen LogP contribution in [-0.4, -0.2) is 58.6 Å². The lowest BCUT2D eigenvalue weighted by Gasteiger charge is -2.43. The number of carbonyl (C=O) groups excluding carboxylic acids is 1. The number of carbonyl (C=O) groups is 1. The van der Waals surface area contributed by atoms with E-state index in [0.717, 1.165) is 4.90 Å². The van der Waals surface area contributed by atoms with E-state index < -0.39 is 54.2 Å². The Bertz CT molecular complexity index is 1140. The number of likely N-dealkylation sites (tertiary alicyclic amines) is 1. The third kappa shape index (κ3) is 6.48. The van der Waals surface area contributed by atoms with Crippen LogP contribution in [0.5, 0.6) is 0 Å². The van der Waals surface area contributed by atoms with Crippen LogP contribution in [-0.2, 0) is 11.0 Å². The first-order valence-corrected chi connectivity index (χ1v) is 11.2. The molecule has 0 aliphatic carbocycles. The molecule has 0 saturated carbocycles. The van der Waals surface area contributed by atoms with E-state index in [1.165, 1.54) is 13.1 Å². The van der Waals surface area contributed by atoms with Crippen LogP contribution < -0.4 is 10.6 Å². The highest BCUT2D eigenvalue weighted by atomic mass is 35.5. The number of amides is 1. The van der Waals surface area contributed by atoms with Gasteiger partial charge in [-0.2, -0.15) is 13.2 Å². The summed E-state index contributed by atoms with van der Waals surface area (Å²) < 4.78 is 67.2. The number of benzene rings is 1. The van der Waals surface area contributed by atoms with E-state index in [1.54, 1.807) is 31.3 Å². The zero-order chi connectivity index (χ0) is 26.7. The third-order valence-electron chi connectivity index (χ3n) is 5.70. The van der Waals surface area contributed by atoms with Gasteiger partial charge in [-0.15, -0.1) is 0 Å². The van der Waals surface area contributed by atoms with Crippen LogP contribution in [0, 0.1) is 11.3 Å². The quantitative estimate of drug-likeness (QED) is 0.356. The van der Waals surface area contributed by atoms with Gasteiger partial charge in [0.15, 0.2) is 0 Å². The summed E-state index contributed by atoms with van der Waals surface area (Å²) in [5, 5.41) is 14.4. The van der Waals surface area contributed by atoms with Crippen LogP contribution in [0.3, 0.4) is 0 Å². The molecular weight excluding hydrogens is 507 g/mol.